The Balaban J connectivity index is 2.27. The number of nitrogens with one attached hydrogen (secondary N) is 1. The van der Waals surface area contributed by atoms with Crippen molar-refractivity contribution in [3.8, 4) is 5.69 Å². The van der Waals surface area contributed by atoms with Crippen LogP contribution in [-0.4, -0.2) is 26.8 Å². The Kier molecular flexibility index (Phi) is 2.74. The molecule has 0 spiro atoms. The molecule has 18 heavy (non-hydrogen) atoms. The van der Waals surface area contributed by atoms with Crippen molar-refractivity contribution in [3.05, 3.63) is 48.7 Å². The molecule has 0 saturated carbocycles. The first kappa shape index (κ1) is 10.9. The molecule has 3 rings (SSSR count). The quantitative estimate of drug-likeness (QED) is 0.753. The minimum Gasteiger partial charge on any atom is -0.314 e. The second-order valence-electron chi connectivity index (χ2n) is 4.02. The smallest absolute Gasteiger partial charge is 0.138 e. The lowest BCUT2D eigenvalue weighted by atomic mass is 10.1. The number of hydrogen-bond donors (Lipinski definition) is 1. The largest absolute Gasteiger partial charge is 0.314 e. The Hall–Kier alpha value is -2.27. The number of nitrogens with zero attached hydrogens (tertiary/aromatic N) is 4. The first-order chi connectivity index (χ1) is 8.88. The predicted molar refractivity (Wildman–Crippen MR) is 69.4 cm³/mol. The van der Waals surface area contributed by atoms with Crippen molar-refractivity contribution in [1.82, 2.24) is 25.1 Å². The average Bonchev–Trinajstić information content (AvgIpc) is 2.92. The normalized spacial score (nSPS) is 10.9. The minimum atomic E-state index is 0.729. The molecule has 3 aromatic rings. The summed E-state index contributed by atoms with van der Waals surface area (Å²) in [5, 5.41) is 8.38. The summed E-state index contributed by atoms with van der Waals surface area (Å²) < 4.78 is 1.77. The van der Waals surface area contributed by atoms with E-state index in [9.17, 15) is 0 Å². The monoisotopic (exact) mass is 239 g/mol. The van der Waals surface area contributed by atoms with Crippen LogP contribution in [0.25, 0.3) is 16.6 Å². The number of fused-ring (bicyclic) bond motifs is 1. The SMILES string of the molecule is CNCc1cc(-n2cncn2)c2ccccc2n1. The fourth-order valence-corrected chi connectivity index (χ4v) is 2.00. The number of aromatic nitrogens is 4. The summed E-state index contributed by atoms with van der Waals surface area (Å²) in [6, 6.07) is 10.1. The number of para-hydroxylation sites is 1. The Bertz CT molecular complexity index is 660. The van der Waals surface area contributed by atoms with Gasteiger partial charge in [0.25, 0.3) is 0 Å². The Morgan fingerprint density at radius 2 is 2.17 bits per heavy atom. The van der Waals surface area contributed by atoms with Crippen LogP contribution in [0.5, 0.6) is 0 Å². The first-order valence-corrected chi connectivity index (χ1v) is 5.77. The molecule has 0 amide bonds. The maximum Gasteiger partial charge on any atom is 0.138 e. The van der Waals surface area contributed by atoms with Gasteiger partial charge in [-0.3, -0.25) is 4.98 Å². The van der Waals surface area contributed by atoms with Gasteiger partial charge in [-0.05, 0) is 19.2 Å². The lowest BCUT2D eigenvalue weighted by Gasteiger charge is -2.08. The van der Waals surface area contributed by atoms with Gasteiger partial charge < -0.3 is 5.32 Å². The second-order valence-corrected chi connectivity index (χ2v) is 4.02. The van der Waals surface area contributed by atoms with Crippen molar-refractivity contribution in [1.29, 1.82) is 0 Å². The fraction of sp³-hybridized carbons (Fsp3) is 0.154. The Morgan fingerprint density at radius 1 is 1.28 bits per heavy atom. The molecule has 2 heterocycles. The van der Waals surface area contributed by atoms with Gasteiger partial charge in [0, 0.05) is 11.9 Å². The zero-order valence-electron chi connectivity index (χ0n) is 10.0. The van der Waals surface area contributed by atoms with Crippen LogP contribution in [0.1, 0.15) is 5.69 Å². The van der Waals surface area contributed by atoms with Crippen LogP contribution in [0.4, 0.5) is 0 Å². The highest BCUT2D eigenvalue weighted by atomic mass is 15.3. The summed E-state index contributed by atoms with van der Waals surface area (Å²) in [5.74, 6) is 0. The molecule has 0 radical (unpaired) electrons. The fourth-order valence-electron chi connectivity index (χ4n) is 2.00. The number of hydrogen-bond acceptors (Lipinski definition) is 4. The minimum absolute atomic E-state index is 0.729. The lowest BCUT2D eigenvalue weighted by molar-refractivity contribution is 0.790. The predicted octanol–water partition coefficient (Wildman–Crippen LogP) is 1.53. The molecule has 0 bridgehead atoms. The van der Waals surface area contributed by atoms with E-state index in [0.717, 1.165) is 28.8 Å². The third-order valence-electron chi connectivity index (χ3n) is 2.77. The Morgan fingerprint density at radius 3 is 2.94 bits per heavy atom. The summed E-state index contributed by atoms with van der Waals surface area (Å²) in [7, 11) is 1.91. The van der Waals surface area contributed by atoms with Crippen molar-refractivity contribution < 1.29 is 0 Å². The van der Waals surface area contributed by atoms with Crippen molar-refractivity contribution in [2.24, 2.45) is 0 Å². The summed E-state index contributed by atoms with van der Waals surface area (Å²) in [6.07, 6.45) is 3.23. The van der Waals surface area contributed by atoms with Gasteiger partial charge in [-0.25, -0.2) is 9.67 Å². The standard InChI is InChI=1S/C13H13N5/c1-14-7-10-6-13(18-9-15-8-16-18)11-4-2-3-5-12(11)17-10/h2-6,8-9,14H,7H2,1H3. The zero-order chi connectivity index (χ0) is 12.4. The van der Waals surface area contributed by atoms with Crippen LogP contribution < -0.4 is 5.32 Å². The van der Waals surface area contributed by atoms with E-state index >= 15 is 0 Å². The maximum absolute atomic E-state index is 4.61. The van der Waals surface area contributed by atoms with Gasteiger partial charge in [0.15, 0.2) is 0 Å². The summed E-state index contributed by atoms with van der Waals surface area (Å²) in [4.78, 5) is 8.61. The average molecular weight is 239 g/mol. The van der Waals surface area contributed by atoms with Crippen LogP contribution in [0, 0.1) is 0 Å². The van der Waals surface area contributed by atoms with Crippen molar-refractivity contribution in [3.63, 3.8) is 0 Å². The molecule has 90 valence electrons. The van der Waals surface area contributed by atoms with Gasteiger partial charge >= 0.3 is 0 Å². The van der Waals surface area contributed by atoms with Crippen LogP contribution in [0.15, 0.2) is 43.0 Å². The molecule has 0 aliphatic heterocycles. The van der Waals surface area contributed by atoms with E-state index in [1.807, 2.05) is 37.4 Å². The highest BCUT2D eigenvalue weighted by molar-refractivity contribution is 5.87. The highest BCUT2D eigenvalue weighted by Gasteiger charge is 2.07. The van der Waals surface area contributed by atoms with E-state index in [-0.39, 0.29) is 0 Å². The first-order valence-electron chi connectivity index (χ1n) is 5.77. The number of benzene rings is 1. The maximum atomic E-state index is 4.61. The molecule has 0 atom stereocenters. The topological polar surface area (TPSA) is 55.6 Å². The van der Waals surface area contributed by atoms with E-state index in [1.165, 1.54) is 6.33 Å². The number of rotatable bonds is 3. The summed E-state index contributed by atoms with van der Waals surface area (Å²) >= 11 is 0. The highest BCUT2D eigenvalue weighted by Crippen LogP contribution is 2.21. The molecule has 0 fully saturated rings. The van der Waals surface area contributed by atoms with Gasteiger partial charge in [-0.15, -0.1) is 0 Å². The molecule has 5 heteroatoms. The van der Waals surface area contributed by atoms with Gasteiger partial charge in [0.2, 0.25) is 0 Å². The molecule has 5 nitrogen and oxygen atoms in total. The van der Waals surface area contributed by atoms with E-state index in [2.05, 4.69) is 20.4 Å². The van der Waals surface area contributed by atoms with Gasteiger partial charge in [-0.1, -0.05) is 18.2 Å². The molecular weight excluding hydrogens is 226 g/mol. The third kappa shape index (κ3) is 1.84. The lowest BCUT2D eigenvalue weighted by Crippen LogP contribution is -2.08. The molecule has 1 aromatic carbocycles. The molecule has 0 aliphatic carbocycles. The molecule has 0 saturated heterocycles. The molecule has 1 N–H and O–H groups in total. The second kappa shape index (κ2) is 4.54. The third-order valence-corrected chi connectivity index (χ3v) is 2.77. The van der Waals surface area contributed by atoms with Crippen molar-refractivity contribution >= 4 is 10.9 Å². The van der Waals surface area contributed by atoms with Crippen molar-refractivity contribution in [2.75, 3.05) is 7.05 Å². The van der Waals surface area contributed by atoms with E-state index in [1.54, 1.807) is 11.0 Å². The van der Waals surface area contributed by atoms with Crippen molar-refractivity contribution in [2.45, 2.75) is 6.54 Å². The van der Waals surface area contributed by atoms with Gasteiger partial charge in [0.1, 0.15) is 12.7 Å². The molecular formula is C13H13N5. The van der Waals surface area contributed by atoms with Gasteiger partial charge in [-0.2, -0.15) is 5.10 Å². The molecule has 0 aliphatic rings. The number of pyridine rings is 1. The summed E-state index contributed by atoms with van der Waals surface area (Å²) in [5.41, 5.74) is 2.96. The van der Waals surface area contributed by atoms with Crippen LogP contribution in [0.2, 0.25) is 0 Å². The van der Waals surface area contributed by atoms with E-state index < -0.39 is 0 Å². The Labute approximate surface area is 104 Å². The van der Waals surface area contributed by atoms with Crippen LogP contribution >= 0.6 is 0 Å². The van der Waals surface area contributed by atoms with Crippen LogP contribution in [0.3, 0.4) is 0 Å². The molecule has 2 aromatic heterocycles. The van der Waals surface area contributed by atoms with E-state index in [0.29, 0.717) is 0 Å². The summed E-state index contributed by atoms with van der Waals surface area (Å²) in [6.45, 7) is 0.729. The van der Waals surface area contributed by atoms with Gasteiger partial charge in [0.05, 0.1) is 16.9 Å². The van der Waals surface area contributed by atoms with E-state index in [4.69, 9.17) is 0 Å². The van der Waals surface area contributed by atoms with Crippen LogP contribution in [-0.2, 0) is 6.54 Å². The zero-order valence-corrected chi connectivity index (χ0v) is 10.0. The molecule has 0 unspecified atom stereocenters.